The number of ether oxygens (including phenoxy) is 1. The van der Waals surface area contributed by atoms with Crippen molar-refractivity contribution in [2.24, 2.45) is 10.2 Å². The first-order valence-corrected chi connectivity index (χ1v) is 7.38. The molecule has 3 aliphatic heterocycles. The van der Waals surface area contributed by atoms with E-state index in [1.807, 2.05) is 35.0 Å². The summed E-state index contributed by atoms with van der Waals surface area (Å²) in [6.45, 7) is 0. The molecule has 1 aromatic rings. The predicted molar refractivity (Wildman–Crippen MR) is 75.5 cm³/mol. The molecule has 0 bridgehead atoms. The van der Waals surface area contributed by atoms with Crippen LogP contribution in [0.15, 0.2) is 34.5 Å². The lowest BCUT2D eigenvalue weighted by atomic mass is 10.3. The van der Waals surface area contributed by atoms with Crippen molar-refractivity contribution in [3.8, 4) is 0 Å². The number of azo groups is 2. The Bertz CT molecular complexity index is 671. The molecule has 3 aliphatic rings. The number of benzene rings is 1. The molecule has 1 atom stereocenters. The van der Waals surface area contributed by atoms with Crippen molar-refractivity contribution >= 4 is 45.3 Å². The summed E-state index contributed by atoms with van der Waals surface area (Å²) in [5.74, 6) is 0. The van der Waals surface area contributed by atoms with Gasteiger partial charge in [-0.25, -0.2) is 0 Å². The molecule has 1 N–H and O–H groups in total. The molecule has 0 aliphatic carbocycles. The number of hydrazone groups is 1. The maximum absolute atomic E-state index is 5.29. The summed E-state index contributed by atoms with van der Waals surface area (Å²) in [6.07, 6.45) is 0. The third-order valence-corrected chi connectivity index (χ3v) is 5.71. The van der Waals surface area contributed by atoms with E-state index in [4.69, 9.17) is 4.74 Å². The highest BCUT2D eigenvalue weighted by molar-refractivity contribution is 8.31. The molecule has 19 heavy (non-hydrogen) atoms. The van der Waals surface area contributed by atoms with E-state index in [-0.39, 0.29) is 0 Å². The zero-order chi connectivity index (χ0) is 13.0. The van der Waals surface area contributed by atoms with Crippen molar-refractivity contribution in [1.29, 1.82) is 0 Å². The Kier molecular flexibility index (Phi) is 2.22. The molecule has 1 spiro atoms. The Morgan fingerprint density at radius 1 is 1.37 bits per heavy atom. The highest BCUT2D eigenvalue weighted by Crippen LogP contribution is 2.60. The van der Waals surface area contributed by atoms with Gasteiger partial charge < -0.3 is 4.74 Å². The number of thioether (sulfide) groups is 2. The van der Waals surface area contributed by atoms with Crippen LogP contribution < -0.4 is 10.0 Å². The largest absolute Gasteiger partial charge is 0.475 e. The van der Waals surface area contributed by atoms with Gasteiger partial charge in [0.25, 0.3) is 10.9 Å². The quantitative estimate of drug-likeness (QED) is 0.715. The van der Waals surface area contributed by atoms with Crippen molar-refractivity contribution in [2.75, 3.05) is 19.2 Å². The van der Waals surface area contributed by atoms with Crippen molar-refractivity contribution in [3.63, 3.8) is 0 Å². The van der Waals surface area contributed by atoms with Crippen LogP contribution in [-0.4, -0.2) is 33.6 Å². The van der Waals surface area contributed by atoms with Gasteiger partial charge in [0.15, 0.2) is 0 Å². The molecule has 1 unspecified atom stereocenters. The van der Waals surface area contributed by atoms with Gasteiger partial charge in [-0.2, -0.15) is 5.01 Å². The van der Waals surface area contributed by atoms with Crippen molar-refractivity contribution in [2.45, 2.75) is 4.33 Å². The lowest BCUT2D eigenvalue weighted by Gasteiger charge is -2.13. The van der Waals surface area contributed by atoms with Crippen LogP contribution in [0.2, 0.25) is 0 Å². The fourth-order valence-corrected chi connectivity index (χ4v) is 4.71. The molecule has 3 heterocycles. The maximum atomic E-state index is 5.29. The van der Waals surface area contributed by atoms with Gasteiger partial charge in [-0.1, -0.05) is 12.1 Å². The zero-order valence-corrected chi connectivity index (χ0v) is 12.0. The molecule has 0 saturated heterocycles. The monoisotopic (exact) mass is 293 g/mol. The van der Waals surface area contributed by atoms with Crippen molar-refractivity contribution in [3.05, 3.63) is 24.3 Å². The summed E-state index contributed by atoms with van der Waals surface area (Å²) >= 11 is 3.20. The lowest BCUT2D eigenvalue weighted by Crippen LogP contribution is -2.66. The minimum Gasteiger partial charge on any atom is -0.475 e. The predicted octanol–water partition coefficient (Wildman–Crippen LogP) is 0.691. The smallest absolute Gasteiger partial charge is 0.434 e. The molecule has 6 nitrogen and oxygen atoms in total. The highest BCUT2D eigenvalue weighted by Gasteiger charge is 2.73. The Morgan fingerprint density at radius 3 is 3.00 bits per heavy atom. The highest BCUT2D eigenvalue weighted by atomic mass is 32.2. The van der Waals surface area contributed by atoms with E-state index in [0.29, 0.717) is 5.23 Å². The molecule has 0 saturated carbocycles. The van der Waals surface area contributed by atoms with E-state index in [9.17, 15) is 0 Å². The average Bonchev–Trinajstić information content (AvgIpc) is 3.05. The van der Waals surface area contributed by atoms with Gasteiger partial charge >= 0.3 is 9.49 Å². The number of hydrogen-bond donors (Lipinski definition) is 1. The SMILES string of the molecule is C[NH+]=C1N=[N+]2c3ccccc3N3N=C(OC)SC32S1. The van der Waals surface area contributed by atoms with Gasteiger partial charge in [-0.05, 0) is 6.07 Å². The second kappa shape index (κ2) is 3.73. The Hall–Kier alpha value is -1.54. The van der Waals surface area contributed by atoms with E-state index in [1.54, 1.807) is 30.6 Å². The van der Waals surface area contributed by atoms with E-state index in [2.05, 4.69) is 21.3 Å². The molecule has 8 heteroatoms. The van der Waals surface area contributed by atoms with Gasteiger partial charge in [0.2, 0.25) is 5.11 Å². The Balaban J connectivity index is 1.96. The molecule has 0 radical (unpaired) electrons. The van der Waals surface area contributed by atoms with Gasteiger partial charge in [0, 0.05) is 6.07 Å². The standard InChI is InChI=1S/C11H10N5OS2/c1-12-9-13-15-7-5-3-4-6-8(7)16-11(15,18-9)19-10(14-16)17-2/h3-6H,1-2H3/q+1/p+1. The maximum Gasteiger partial charge on any atom is 0.434 e. The summed E-state index contributed by atoms with van der Waals surface area (Å²) in [6, 6.07) is 8.12. The molecular weight excluding hydrogens is 282 g/mol. The number of methoxy groups -OCH3 is 1. The van der Waals surface area contributed by atoms with E-state index < -0.39 is 4.33 Å². The van der Waals surface area contributed by atoms with Crippen LogP contribution in [0.3, 0.4) is 0 Å². The van der Waals surface area contributed by atoms with Crippen LogP contribution in [0.5, 0.6) is 0 Å². The van der Waals surface area contributed by atoms with Crippen LogP contribution in [0.4, 0.5) is 11.4 Å². The fourth-order valence-electron chi connectivity index (χ4n) is 2.28. The summed E-state index contributed by atoms with van der Waals surface area (Å²) in [5, 5.41) is 12.7. The average molecular weight is 293 g/mol. The van der Waals surface area contributed by atoms with Gasteiger partial charge in [0.05, 0.1) is 42.4 Å². The summed E-state index contributed by atoms with van der Waals surface area (Å²) in [5.41, 5.74) is 2.11. The van der Waals surface area contributed by atoms with E-state index in [1.165, 1.54) is 0 Å². The third kappa shape index (κ3) is 1.30. The number of para-hydroxylation sites is 2. The molecule has 4 rings (SSSR count). The van der Waals surface area contributed by atoms with Crippen LogP contribution in [0, 0.1) is 0 Å². The minimum absolute atomic E-state index is 0.423. The topological polar surface area (TPSA) is 54.2 Å². The van der Waals surface area contributed by atoms with Crippen LogP contribution in [-0.2, 0) is 4.74 Å². The first-order valence-electron chi connectivity index (χ1n) is 5.75. The molecular formula is C11H11N5OS2+2. The number of amidine groups is 1. The number of nitrogens with zero attached hydrogens (tertiary/aromatic N) is 4. The van der Waals surface area contributed by atoms with Gasteiger partial charge in [-0.3, -0.25) is 4.99 Å². The van der Waals surface area contributed by atoms with Crippen LogP contribution in [0.25, 0.3) is 0 Å². The lowest BCUT2D eigenvalue weighted by molar-refractivity contribution is -0.523. The second-order valence-electron chi connectivity index (χ2n) is 4.09. The fraction of sp³-hybridized carbons (Fsp3) is 0.273. The molecule has 0 fully saturated rings. The zero-order valence-electron chi connectivity index (χ0n) is 10.3. The van der Waals surface area contributed by atoms with E-state index in [0.717, 1.165) is 16.5 Å². The number of rotatable bonds is 0. The minimum atomic E-state index is -0.423. The number of hydrogen-bond acceptors (Lipinski definition) is 5. The van der Waals surface area contributed by atoms with Crippen molar-refractivity contribution < 1.29 is 14.4 Å². The Labute approximate surface area is 118 Å². The van der Waals surface area contributed by atoms with E-state index >= 15 is 0 Å². The normalized spacial score (nSPS) is 28.9. The number of fused-ring (bicyclic) bond motifs is 3. The molecule has 96 valence electrons. The first-order chi connectivity index (χ1) is 9.28. The molecule has 0 amide bonds. The third-order valence-electron chi connectivity index (χ3n) is 3.08. The first kappa shape index (κ1) is 11.3. The van der Waals surface area contributed by atoms with Crippen LogP contribution in [0.1, 0.15) is 0 Å². The van der Waals surface area contributed by atoms with Gasteiger partial charge in [0.1, 0.15) is 5.69 Å². The summed E-state index contributed by atoms with van der Waals surface area (Å²) in [4.78, 5) is 3.10. The summed E-state index contributed by atoms with van der Waals surface area (Å²) < 4.78 is 6.87. The summed E-state index contributed by atoms with van der Waals surface area (Å²) in [7, 11) is 3.51. The molecule has 0 aromatic heterocycles. The van der Waals surface area contributed by atoms with Crippen LogP contribution >= 0.6 is 23.5 Å². The van der Waals surface area contributed by atoms with Crippen molar-refractivity contribution in [1.82, 2.24) is 0 Å². The number of anilines is 1. The second-order valence-corrected chi connectivity index (χ2v) is 6.63. The molecule has 1 aromatic carbocycles. The number of nitrogens with one attached hydrogen (secondary N) is 1. The van der Waals surface area contributed by atoms with Gasteiger partial charge in [-0.15, -0.1) is 5.10 Å². The Morgan fingerprint density at radius 2 is 2.21 bits per heavy atom.